The lowest BCUT2D eigenvalue weighted by Gasteiger charge is -2.11. The molecule has 0 atom stereocenters. The van der Waals surface area contributed by atoms with Crippen LogP contribution < -0.4 is 11.0 Å². The molecule has 9 nitrogen and oxygen atoms in total. The van der Waals surface area contributed by atoms with Gasteiger partial charge < -0.3 is 4.74 Å². The van der Waals surface area contributed by atoms with Crippen molar-refractivity contribution in [1.29, 1.82) is 5.26 Å². The Balaban J connectivity index is 1.90. The fourth-order valence-corrected chi connectivity index (χ4v) is 3.06. The Hall–Kier alpha value is -4.29. The molecule has 1 heterocycles. The number of nitriles is 1. The molecular formula is C23H18ClN5O4. The van der Waals surface area contributed by atoms with Crippen molar-refractivity contribution >= 4 is 29.7 Å². The summed E-state index contributed by atoms with van der Waals surface area (Å²) in [4.78, 5) is 36.9. The fourth-order valence-electron chi connectivity index (χ4n) is 2.88. The van der Waals surface area contributed by atoms with Crippen LogP contribution in [0.3, 0.4) is 0 Å². The molecule has 0 radical (unpaired) electrons. The molecule has 0 fully saturated rings. The minimum Gasteiger partial charge on any atom is -0.465 e. The first kappa shape index (κ1) is 23.4. The molecule has 1 N–H and O–H groups in total. The number of nitrogens with zero attached hydrogens (tertiary/aromatic N) is 4. The Morgan fingerprint density at radius 3 is 2.52 bits per heavy atom. The van der Waals surface area contributed by atoms with E-state index < -0.39 is 17.4 Å². The topological polar surface area (TPSA) is 126 Å². The zero-order chi connectivity index (χ0) is 24.1. The number of carbonyl (C=O) groups is 2. The normalized spacial score (nSPS) is 10.6. The smallest absolute Gasteiger partial charge is 0.337 e. The van der Waals surface area contributed by atoms with Gasteiger partial charge >= 0.3 is 5.97 Å². The summed E-state index contributed by atoms with van der Waals surface area (Å²) in [7, 11) is 1.29. The van der Waals surface area contributed by atoms with Crippen molar-refractivity contribution in [1.82, 2.24) is 15.2 Å². The van der Waals surface area contributed by atoms with E-state index in [9.17, 15) is 19.6 Å². The van der Waals surface area contributed by atoms with E-state index in [0.717, 1.165) is 10.2 Å². The molecule has 1 amide bonds. The van der Waals surface area contributed by atoms with Gasteiger partial charge in [0, 0.05) is 10.6 Å². The van der Waals surface area contributed by atoms with E-state index >= 15 is 0 Å². The minimum absolute atomic E-state index is 0.132. The van der Waals surface area contributed by atoms with Crippen LogP contribution in [0.5, 0.6) is 0 Å². The van der Waals surface area contributed by atoms with Crippen LogP contribution in [0.15, 0.2) is 52.4 Å². The maximum atomic E-state index is 12.7. The molecule has 0 aliphatic rings. The molecule has 0 saturated carbocycles. The predicted molar refractivity (Wildman–Crippen MR) is 122 cm³/mol. The predicted octanol–water partition coefficient (Wildman–Crippen LogP) is 2.92. The number of amides is 1. The molecule has 0 aliphatic heterocycles. The van der Waals surface area contributed by atoms with Crippen LogP contribution in [0.4, 0.5) is 0 Å². The number of hydrazone groups is 1. The number of rotatable bonds is 5. The molecule has 1 aromatic heterocycles. The van der Waals surface area contributed by atoms with Crippen LogP contribution in [-0.2, 0) is 4.74 Å². The molecule has 2 aromatic carbocycles. The highest BCUT2D eigenvalue weighted by Gasteiger charge is 2.20. The van der Waals surface area contributed by atoms with Crippen LogP contribution in [-0.4, -0.2) is 35.0 Å². The van der Waals surface area contributed by atoms with Gasteiger partial charge in [0.1, 0.15) is 11.6 Å². The third-order valence-corrected chi connectivity index (χ3v) is 5.18. The summed E-state index contributed by atoms with van der Waals surface area (Å²) in [5.41, 5.74) is 3.55. The van der Waals surface area contributed by atoms with E-state index in [0.29, 0.717) is 21.8 Å². The summed E-state index contributed by atoms with van der Waals surface area (Å²) >= 11 is 6.15. The molecule has 10 heteroatoms. The third kappa shape index (κ3) is 4.97. The van der Waals surface area contributed by atoms with E-state index in [1.165, 1.54) is 26.3 Å². The van der Waals surface area contributed by atoms with Crippen molar-refractivity contribution < 1.29 is 14.3 Å². The van der Waals surface area contributed by atoms with Crippen molar-refractivity contribution in [2.45, 2.75) is 13.8 Å². The summed E-state index contributed by atoms with van der Waals surface area (Å²) < 4.78 is 5.60. The Bertz CT molecular complexity index is 1370. The zero-order valence-corrected chi connectivity index (χ0v) is 18.7. The van der Waals surface area contributed by atoms with Gasteiger partial charge in [-0.05, 0) is 49.2 Å². The average Bonchev–Trinajstić information content (AvgIpc) is 2.81. The summed E-state index contributed by atoms with van der Waals surface area (Å²) in [5, 5.41) is 17.9. The standard InChI is InChI=1S/C23H18ClN5O4/c1-13-4-9-17(10-19(13)24)29-22(31)18(11-25)14(2)20(28-29)21(30)27-26-12-15-5-7-16(8-6-15)23(32)33-3/h4-10,12H,1-3H3,(H,27,30)/b26-12+. The highest BCUT2D eigenvalue weighted by atomic mass is 35.5. The Morgan fingerprint density at radius 1 is 1.21 bits per heavy atom. The van der Waals surface area contributed by atoms with Crippen LogP contribution in [0.25, 0.3) is 5.69 Å². The van der Waals surface area contributed by atoms with Crippen molar-refractivity contribution in [3.8, 4) is 11.8 Å². The first-order valence-electron chi connectivity index (χ1n) is 9.59. The lowest BCUT2D eigenvalue weighted by molar-refractivity contribution is 0.0600. The number of aryl methyl sites for hydroxylation is 1. The minimum atomic E-state index is -0.710. The second-order valence-corrected chi connectivity index (χ2v) is 7.33. The second-order valence-electron chi connectivity index (χ2n) is 6.92. The lowest BCUT2D eigenvalue weighted by Crippen LogP contribution is -2.31. The second kappa shape index (κ2) is 9.89. The fraction of sp³-hybridized carbons (Fsp3) is 0.130. The molecule has 3 aromatic rings. The molecule has 0 bridgehead atoms. The zero-order valence-electron chi connectivity index (χ0n) is 17.9. The van der Waals surface area contributed by atoms with E-state index in [2.05, 4.69) is 20.4 Å². The van der Waals surface area contributed by atoms with Gasteiger partial charge in [0.25, 0.3) is 11.5 Å². The van der Waals surface area contributed by atoms with Crippen LogP contribution in [0.1, 0.15) is 43.1 Å². The first-order valence-corrected chi connectivity index (χ1v) is 9.97. The molecule has 33 heavy (non-hydrogen) atoms. The Morgan fingerprint density at radius 2 is 1.91 bits per heavy atom. The molecule has 0 saturated heterocycles. The summed E-state index contributed by atoms with van der Waals surface area (Å²) in [6.07, 6.45) is 1.37. The number of ether oxygens (including phenoxy) is 1. The highest BCUT2D eigenvalue weighted by molar-refractivity contribution is 6.31. The van der Waals surface area contributed by atoms with Gasteiger partial charge in [-0.3, -0.25) is 9.59 Å². The van der Waals surface area contributed by atoms with Crippen molar-refractivity contribution in [3.05, 3.63) is 91.4 Å². The van der Waals surface area contributed by atoms with Crippen molar-refractivity contribution in [2.24, 2.45) is 5.10 Å². The van der Waals surface area contributed by atoms with E-state index in [-0.39, 0.29) is 16.8 Å². The van der Waals surface area contributed by atoms with E-state index in [1.807, 2.05) is 6.07 Å². The number of methoxy groups -OCH3 is 1. The van der Waals surface area contributed by atoms with Crippen molar-refractivity contribution in [2.75, 3.05) is 7.11 Å². The van der Waals surface area contributed by atoms with Gasteiger partial charge in [0.2, 0.25) is 0 Å². The van der Waals surface area contributed by atoms with E-state index in [4.69, 9.17) is 11.6 Å². The van der Waals surface area contributed by atoms with Crippen LogP contribution >= 0.6 is 11.6 Å². The Kier molecular flexibility index (Phi) is 7.00. The third-order valence-electron chi connectivity index (χ3n) is 4.77. The van der Waals surface area contributed by atoms with Gasteiger partial charge in [-0.1, -0.05) is 29.8 Å². The maximum absolute atomic E-state index is 12.7. The van der Waals surface area contributed by atoms with Gasteiger partial charge in [0.05, 0.1) is 24.6 Å². The van der Waals surface area contributed by atoms with Gasteiger partial charge in [-0.2, -0.15) is 20.1 Å². The number of nitrogens with one attached hydrogen (secondary N) is 1. The Labute approximate surface area is 193 Å². The summed E-state index contributed by atoms with van der Waals surface area (Å²) in [6.45, 7) is 3.27. The van der Waals surface area contributed by atoms with Gasteiger partial charge in [-0.15, -0.1) is 0 Å². The number of hydrogen-bond donors (Lipinski definition) is 1. The molecule has 0 aliphatic carbocycles. The number of aromatic nitrogens is 2. The summed E-state index contributed by atoms with van der Waals surface area (Å²) in [6, 6.07) is 13.0. The quantitative estimate of drug-likeness (QED) is 0.352. The number of carbonyl (C=O) groups excluding carboxylic acids is 2. The first-order chi connectivity index (χ1) is 15.8. The molecule has 3 rings (SSSR count). The highest BCUT2D eigenvalue weighted by Crippen LogP contribution is 2.19. The SMILES string of the molecule is COC(=O)c1ccc(/C=N/NC(=O)c2nn(-c3ccc(C)c(Cl)c3)c(=O)c(C#N)c2C)cc1. The van der Waals surface area contributed by atoms with Crippen LogP contribution in [0.2, 0.25) is 5.02 Å². The number of benzene rings is 2. The average molecular weight is 464 g/mol. The molecule has 0 spiro atoms. The van der Waals surface area contributed by atoms with Gasteiger partial charge in [-0.25, -0.2) is 10.2 Å². The largest absolute Gasteiger partial charge is 0.465 e. The van der Waals surface area contributed by atoms with Gasteiger partial charge in [0.15, 0.2) is 5.69 Å². The van der Waals surface area contributed by atoms with Crippen LogP contribution in [0, 0.1) is 25.2 Å². The summed E-state index contributed by atoms with van der Waals surface area (Å²) in [5.74, 6) is -1.18. The van der Waals surface area contributed by atoms with Crippen molar-refractivity contribution in [3.63, 3.8) is 0 Å². The van der Waals surface area contributed by atoms with E-state index in [1.54, 1.807) is 43.3 Å². The lowest BCUT2D eigenvalue weighted by atomic mass is 10.1. The molecule has 166 valence electrons. The number of esters is 1. The molecule has 0 unspecified atom stereocenters. The number of hydrogen-bond acceptors (Lipinski definition) is 7. The number of halogens is 1. The maximum Gasteiger partial charge on any atom is 0.337 e. The molecular weight excluding hydrogens is 446 g/mol. The monoisotopic (exact) mass is 463 g/mol.